The molecule has 0 fully saturated rings. The number of fused-ring (bicyclic) bond motifs is 1. The molecule has 3 aromatic rings. The number of halogens is 2. The second kappa shape index (κ2) is 12.6. The number of amides is 1. The minimum absolute atomic E-state index is 0.0182. The van der Waals surface area contributed by atoms with E-state index in [4.69, 9.17) is 32.7 Å². The van der Waals surface area contributed by atoms with Crippen LogP contribution < -0.4 is 14.8 Å². The molecule has 1 N–H and O–H groups in total. The van der Waals surface area contributed by atoms with Crippen LogP contribution in [0.4, 0.5) is 0 Å². The van der Waals surface area contributed by atoms with Crippen LogP contribution in [0.2, 0.25) is 10.0 Å². The Balaban J connectivity index is 0.000000343. The van der Waals surface area contributed by atoms with Gasteiger partial charge in [-0.25, -0.2) is 0 Å². The molecule has 6 nitrogen and oxygen atoms in total. The van der Waals surface area contributed by atoms with Crippen molar-refractivity contribution in [2.75, 3.05) is 27.3 Å². The van der Waals surface area contributed by atoms with Gasteiger partial charge in [-0.05, 0) is 60.4 Å². The Kier molecular flexibility index (Phi) is 9.57. The van der Waals surface area contributed by atoms with Crippen LogP contribution in [0.5, 0.6) is 11.5 Å². The normalized spacial score (nSPS) is 14.9. The first kappa shape index (κ1) is 25.8. The quantitative estimate of drug-likeness (QED) is 0.494. The van der Waals surface area contributed by atoms with Crippen molar-refractivity contribution in [2.24, 2.45) is 0 Å². The summed E-state index contributed by atoms with van der Waals surface area (Å²) in [4.78, 5) is 18.6. The molecule has 0 spiro atoms. The summed E-state index contributed by atoms with van der Waals surface area (Å²) in [5, 5.41) is 4.18. The maximum atomic E-state index is 12.3. The van der Waals surface area contributed by atoms with Gasteiger partial charge in [0.1, 0.15) is 0 Å². The zero-order chi connectivity index (χ0) is 24.5. The highest BCUT2D eigenvalue weighted by atomic mass is 35.5. The number of hydrogen-bond acceptors (Lipinski definition) is 5. The van der Waals surface area contributed by atoms with Gasteiger partial charge in [-0.15, -0.1) is 0 Å². The smallest absolute Gasteiger partial charge is 0.234 e. The molecule has 1 aliphatic heterocycles. The second-order valence-corrected chi connectivity index (χ2v) is 8.67. The van der Waals surface area contributed by atoms with Gasteiger partial charge in [0.15, 0.2) is 11.5 Å². The van der Waals surface area contributed by atoms with Crippen LogP contribution in [0.25, 0.3) is 0 Å². The van der Waals surface area contributed by atoms with Crippen molar-refractivity contribution in [3.63, 3.8) is 0 Å². The molecular weight excluding hydrogens is 473 g/mol. The Bertz CT molecular complexity index is 1070. The Morgan fingerprint density at radius 2 is 1.76 bits per heavy atom. The lowest BCUT2D eigenvalue weighted by atomic mass is 9.93. The highest BCUT2D eigenvalue weighted by Gasteiger charge is 2.27. The zero-order valence-electron chi connectivity index (χ0n) is 19.6. The number of hydrogen-bond donors (Lipinski definition) is 1. The van der Waals surface area contributed by atoms with E-state index in [0.717, 1.165) is 30.0 Å². The number of aromatic nitrogens is 1. The fourth-order valence-corrected chi connectivity index (χ4v) is 4.07. The third kappa shape index (κ3) is 6.86. The Hall–Kier alpha value is -2.80. The molecule has 1 aromatic heterocycles. The van der Waals surface area contributed by atoms with Crippen LogP contribution in [-0.2, 0) is 17.8 Å². The molecular formula is C26H29Cl2N3O3. The Labute approximate surface area is 210 Å². The standard InChI is InChI=1S/C20H25N3O3.C6H4Cl2/c1-14-17-10-19(26-3)18(25-2)9-16(17)6-8-23(14)13-20(24)22-12-15-5-4-7-21-11-15;7-5-3-1-2-4-6(5)8/h4-5,7,9-11,14H,6,8,12-13H2,1-3H3,(H,22,24);1-4H. The van der Waals surface area contributed by atoms with Crippen molar-refractivity contribution in [2.45, 2.75) is 25.9 Å². The van der Waals surface area contributed by atoms with Crippen LogP contribution in [0.15, 0.2) is 60.9 Å². The molecule has 34 heavy (non-hydrogen) atoms. The number of nitrogens with one attached hydrogen (secondary N) is 1. The number of methoxy groups -OCH3 is 2. The molecule has 0 saturated carbocycles. The third-order valence-electron chi connectivity index (χ3n) is 5.70. The molecule has 8 heteroatoms. The van der Waals surface area contributed by atoms with Gasteiger partial charge in [0.05, 0.1) is 30.8 Å². The highest BCUT2D eigenvalue weighted by Crippen LogP contribution is 2.37. The molecule has 2 aromatic carbocycles. The summed E-state index contributed by atoms with van der Waals surface area (Å²) in [6.07, 6.45) is 4.37. The van der Waals surface area contributed by atoms with Crippen LogP contribution >= 0.6 is 23.2 Å². The first-order valence-corrected chi connectivity index (χ1v) is 11.7. The first-order chi connectivity index (χ1) is 16.4. The van der Waals surface area contributed by atoms with E-state index in [1.807, 2.05) is 36.4 Å². The SMILES string of the molecule is COc1cc2c(cc1OC)C(C)N(CC(=O)NCc1cccnc1)CC2.Clc1ccccc1Cl. The van der Waals surface area contributed by atoms with Gasteiger partial charge in [-0.1, -0.05) is 41.4 Å². The summed E-state index contributed by atoms with van der Waals surface area (Å²) in [5.74, 6) is 1.49. The molecule has 0 radical (unpaired) electrons. The van der Waals surface area contributed by atoms with Crippen molar-refractivity contribution in [1.29, 1.82) is 0 Å². The first-order valence-electron chi connectivity index (χ1n) is 11.0. The van der Waals surface area contributed by atoms with Crippen LogP contribution in [0.3, 0.4) is 0 Å². The average molecular weight is 502 g/mol. The number of carbonyl (C=O) groups excluding carboxylic acids is 1. The van der Waals surface area contributed by atoms with E-state index in [-0.39, 0.29) is 11.9 Å². The number of carbonyl (C=O) groups is 1. The number of pyridine rings is 1. The predicted octanol–water partition coefficient (Wildman–Crippen LogP) is 5.33. The third-order valence-corrected chi connectivity index (χ3v) is 6.45. The largest absolute Gasteiger partial charge is 0.493 e. The van der Waals surface area contributed by atoms with E-state index in [2.05, 4.69) is 22.1 Å². The number of ether oxygens (including phenoxy) is 2. The summed E-state index contributed by atoms with van der Waals surface area (Å²) >= 11 is 11.2. The molecule has 180 valence electrons. The predicted molar refractivity (Wildman–Crippen MR) is 136 cm³/mol. The van der Waals surface area contributed by atoms with Gasteiger partial charge in [-0.3, -0.25) is 14.7 Å². The molecule has 1 unspecified atom stereocenters. The molecule has 0 bridgehead atoms. The lowest BCUT2D eigenvalue weighted by Gasteiger charge is -2.35. The molecule has 4 rings (SSSR count). The maximum Gasteiger partial charge on any atom is 0.234 e. The number of nitrogens with zero attached hydrogens (tertiary/aromatic N) is 2. The van der Waals surface area contributed by atoms with Gasteiger partial charge in [0, 0.05) is 31.5 Å². The summed E-state index contributed by atoms with van der Waals surface area (Å²) in [7, 11) is 3.29. The van der Waals surface area contributed by atoms with Crippen molar-refractivity contribution in [3.05, 3.63) is 87.7 Å². The molecule has 1 aliphatic rings. The minimum Gasteiger partial charge on any atom is -0.493 e. The summed E-state index contributed by atoms with van der Waals surface area (Å²) in [6.45, 7) is 3.83. The molecule has 0 saturated heterocycles. The van der Waals surface area contributed by atoms with Crippen molar-refractivity contribution in [3.8, 4) is 11.5 Å². The average Bonchev–Trinajstić information content (AvgIpc) is 2.86. The minimum atomic E-state index is 0.0182. The van der Waals surface area contributed by atoms with Crippen LogP contribution in [-0.4, -0.2) is 43.1 Å². The van der Waals surface area contributed by atoms with E-state index in [1.54, 1.807) is 38.7 Å². The number of rotatable bonds is 6. The Morgan fingerprint density at radius 1 is 1.09 bits per heavy atom. The summed E-state index contributed by atoms with van der Waals surface area (Å²) < 4.78 is 10.8. The summed E-state index contributed by atoms with van der Waals surface area (Å²) in [6, 6.07) is 15.2. The van der Waals surface area contributed by atoms with Crippen LogP contribution in [0.1, 0.15) is 29.7 Å². The molecule has 0 aliphatic carbocycles. The van der Waals surface area contributed by atoms with Gasteiger partial charge >= 0.3 is 0 Å². The lowest BCUT2D eigenvalue weighted by Crippen LogP contribution is -2.41. The topological polar surface area (TPSA) is 63.7 Å². The van der Waals surface area contributed by atoms with Gasteiger partial charge in [0.25, 0.3) is 0 Å². The van der Waals surface area contributed by atoms with Crippen molar-refractivity contribution in [1.82, 2.24) is 15.2 Å². The van der Waals surface area contributed by atoms with E-state index < -0.39 is 0 Å². The monoisotopic (exact) mass is 501 g/mol. The van der Waals surface area contributed by atoms with E-state index in [0.29, 0.717) is 23.1 Å². The van der Waals surface area contributed by atoms with E-state index in [1.165, 1.54) is 11.1 Å². The molecule has 2 heterocycles. The molecule has 1 amide bonds. The highest BCUT2D eigenvalue weighted by molar-refractivity contribution is 6.41. The van der Waals surface area contributed by atoms with Crippen molar-refractivity contribution >= 4 is 29.1 Å². The fourth-order valence-electron chi connectivity index (χ4n) is 3.80. The molecule has 1 atom stereocenters. The van der Waals surface area contributed by atoms with Gasteiger partial charge in [0.2, 0.25) is 5.91 Å². The van der Waals surface area contributed by atoms with E-state index in [9.17, 15) is 4.79 Å². The van der Waals surface area contributed by atoms with E-state index >= 15 is 0 Å². The zero-order valence-corrected chi connectivity index (χ0v) is 21.1. The Morgan fingerprint density at radius 3 is 2.35 bits per heavy atom. The van der Waals surface area contributed by atoms with Crippen LogP contribution in [0, 0.1) is 0 Å². The second-order valence-electron chi connectivity index (χ2n) is 7.85. The van der Waals surface area contributed by atoms with Gasteiger partial charge < -0.3 is 14.8 Å². The van der Waals surface area contributed by atoms with Crippen molar-refractivity contribution < 1.29 is 14.3 Å². The summed E-state index contributed by atoms with van der Waals surface area (Å²) in [5.41, 5.74) is 3.44. The van der Waals surface area contributed by atoms with Gasteiger partial charge in [-0.2, -0.15) is 0 Å². The maximum absolute atomic E-state index is 12.3. The fraction of sp³-hybridized carbons (Fsp3) is 0.308. The number of benzene rings is 2. The lowest BCUT2D eigenvalue weighted by molar-refractivity contribution is -0.123.